The van der Waals surface area contributed by atoms with Crippen molar-refractivity contribution in [2.45, 2.75) is 52.6 Å². The Morgan fingerprint density at radius 2 is 2.07 bits per heavy atom. The second-order valence-electron chi connectivity index (χ2n) is 5.35. The van der Waals surface area contributed by atoms with Crippen LogP contribution >= 0.6 is 0 Å². The standard InChI is InChI=1S/C12H23N3/c1-10(2)15-9-11(8-14-15)6-7-13-12(3,4)5/h8-10,13H,6-7H2,1-5H3. The molecule has 0 fully saturated rings. The van der Waals surface area contributed by atoms with Crippen LogP contribution in [0.5, 0.6) is 0 Å². The minimum atomic E-state index is 0.202. The van der Waals surface area contributed by atoms with Crippen molar-refractivity contribution in [2.24, 2.45) is 0 Å². The second kappa shape index (κ2) is 4.79. The maximum absolute atomic E-state index is 4.32. The maximum Gasteiger partial charge on any atom is 0.0522 e. The van der Waals surface area contributed by atoms with Gasteiger partial charge in [-0.1, -0.05) is 0 Å². The van der Waals surface area contributed by atoms with Gasteiger partial charge >= 0.3 is 0 Å². The van der Waals surface area contributed by atoms with Gasteiger partial charge in [0, 0.05) is 17.8 Å². The summed E-state index contributed by atoms with van der Waals surface area (Å²) in [7, 11) is 0. The van der Waals surface area contributed by atoms with Gasteiger partial charge in [-0.25, -0.2) is 0 Å². The Balaban J connectivity index is 2.38. The summed E-state index contributed by atoms with van der Waals surface area (Å²) in [4.78, 5) is 0. The van der Waals surface area contributed by atoms with Crippen LogP contribution in [0, 0.1) is 0 Å². The zero-order chi connectivity index (χ0) is 11.5. The Labute approximate surface area is 92.9 Å². The quantitative estimate of drug-likeness (QED) is 0.825. The van der Waals surface area contributed by atoms with Crippen LogP contribution in [-0.4, -0.2) is 21.9 Å². The number of nitrogens with one attached hydrogen (secondary N) is 1. The van der Waals surface area contributed by atoms with E-state index in [1.165, 1.54) is 5.56 Å². The van der Waals surface area contributed by atoms with Crippen LogP contribution < -0.4 is 5.32 Å². The van der Waals surface area contributed by atoms with E-state index in [0.29, 0.717) is 6.04 Å². The first-order valence-corrected chi connectivity index (χ1v) is 5.66. The number of aromatic nitrogens is 2. The Morgan fingerprint density at radius 1 is 1.40 bits per heavy atom. The second-order valence-corrected chi connectivity index (χ2v) is 5.35. The normalized spacial score (nSPS) is 12.4. The molecule has 0 saturated carbocycles. The average molecular weight is 209 g/mol. The molecule has 0 aromatic carbocycles. The molecule has 0 radical (unpaired) electrons. The van der Waals surface area contributed by atoms with Gasteiger partial charge < -0.3 is 5.32 Å². The minimum Gasteiger partial charge on any atom is -0.312 e. The molecule has 1 aromatic rings. The summed E-state index contributed by atoms with van der Waals surface area (Å²) >= 11 is 0. The van der Waals surface area contributed by atoms with E-state index in [2.05, 4.69) is 51.2 Å². The van der Waals surface area contributed by atoms with Gasteiger partial charge in [0.1, 0.15) is 0 Å². The van der Waals surface area contributed by atoms with Gasteiger partial charge in [0.05, 0.1) is 6.20 Å². The van der Waals surface area contributed by atoms with E-state index in [-0.39, 0.29) is 5.54 Å². The van der Waals surface area contributed by atoms with Gasteiger partial charge in [-0.3, -0.25) is 4.68 Å². The molecule has 86 valence electrons. The molecule has 0 unspecified atom stereocenters. The molecule has 3 nitrogen and oxygen atoms in total. The van der Waals surface area contributed by atoms with E-state index in [9.17, 15) is 0 Å². The lowest BCUT2D eigenvalue weighted by molar-refractivity contribution is 0.429. The Hall–Kier alpha value is -0.830. The zero-order valence-electron chi connectivity index (χ0n) is 10.5. The van der Waals surface area contributed by atoms with Crippen LogP contribution in [0.1, 0.15) is 46.2 Å². The summed E-state index contributed by atoms with van der Waals surface area (Å²) in [5.74, 6) is 0. The molecular formula is C12H23N3. The van der Waals surface area contributed by atoms with E-state index in [0.717, 1.165) is 13.0 Å². The van der Waals surface area contributed by atoms with E-state index >= 15 is 0 Å². The van der Waals surface area contributed by atoms with Crippen molar-refractivity contribution < 1.29 is 0 Å². The molecule has 0 aliphatic carbocycles. The predicted octanol–water partition coefficient (Wildman–Crippen LogP) is 2.39. The lowest BCUT2D eigenvalue weighted by Crippen LogP contribution is -2.37. The summed E-state index contributed by atoms with van der Waals surface area (Å²) in [6, 6.07) is 0.453. The Bertz CT molecular complexity index is 294. The van der Waals surface area contributed by atoms with Gasteiger partial charge in [-0.15, -0.1) is 0 Å². The van der Waals surface area contributed by atoms with Crippen molar-refractivity contribution in [3.63, 3.8) is 0 Å². The third-order valence-corrected chi connectivity index (χ3v) is 2.25. The minimum absolute atomic E-state index is 0.202. The van der Waals surface area contributed by atoms with Crippen molar-refractivity contribution in [2.75, 3.05) is 6.54 Å². The van der Waals surface area contributed by atoms with Crippen LogP contribution in [0.4, 0.5) is 0 Å². The molecule has 1 aromatic heterocycles. The third kappa shape index (κ3) is 4.47. The van der Waals surface area contributed by atoms with Crippen molar-refractivity contribution in [1.29, 1.82) is 0 Å². The summed E-state index contributed by atoms with van der Waals surface area (Å²) in [5, 5.41) is 7.79. The van der Waals surface area contributed by atoms with Crippen LogP contribution in [0.2, 0.25) is 0 Å². The summed E-state index contributed by atoms with van der Waals surface area (Å²) < 4.78 is 2.01. The summed E-state index contributed by atoms with van der Waals surface area (Å²) in [6.07, 6.45) is 5.14. The van der Waals surface area contributed by atoms with Gasteiger partial charge in [-0.2, -0.15) is 5.10 Å². The van der Waals surface area contributed by atoms with Crippen LogP contribution in [0.3, 0.4) is 0 Å². The first-order chi connectivity index (χ1) is 6.88. The van der Waals surface area contributed by atoms with Gasteiger partial charge in [-0.05, 0) is 53.1 Å². The topological polar surface area (TPSA) is 29.9 Å². The lowest BCUT2D eigenvalue weighted by Gasteiger charge is -2.20. The molecule has 15 heavy (non-hydrogen) atoms. The Morgan fingerprint density at radius 3 is 2.53 bits per heavy atom. The molecular weight excluding hydrogens is 186 g/mol. The van der Waals surface area contributed by atoms with Gasteiger partial charge in [0.15, 0.2) is 0 Å². The van der Waals surface area contributed by atoms with Crippen LogP contribution in [-0.2, 0) is 6.42 Å². The molecule has 0 amide bonds. The highest BCUT2D eigenvalue weighted by atomic mass is 15.3. The number of rotatable bonds is 4. The lowest BCUT2D eigenvalue weighted by atomic mass is 10.1. The molecule has 0 saturated heterocycles. The maximum atomic E-state index is 4.32. The van der Waals surface area contributed by atoms with Crippen molar-refractivity contribution in [1.82, 2.24) is 15.1 Å². The fraction of sp³-hybridized carbons (Fsp3) is 0.750. The summed E-state index contributed by atoms with van der Waals surface area (Å²) in [6.45, 7) is 11.8. The highest BCUT2D eigenvalue weighted by Crippen LogP contribution is 2.06. The van der Waals surface area contributed by atoms with Gasteiger partial charge in [0.2, 0.25) is 0 Å². The number of hydrogen-bond acceptors (Lipinski definition) is 2. The monoisotopic (exact) mass is 209 g/mol. The molecule has 1 N–H and O–H groups in total. The first kappa shape index (κ1) is 12.2. The number of hydrogen-bond donors (Lipinski definition) is 1. The van der Waals surface area contributed by atoms with Crippen molar-refractivity contribution >= 4 is 0 Å². The molecule has 0 bridgehead atoms. The molecule has 0 aliphatic rings. The highest BCUT2D eigenvalue weighted by molar-refractivity contribution is 5.05. The SMILES string of the molecule is CC(C)n1cc(CCNC(C)(C)C)cn1. The van der Waals surface area contributed by atoms with Crippen molar-refractivity contribution in [3.8, 4) is 0 Å². The molecule has 0 spiro atoms. The summed E-state index contributed by atoms with van der Waals surface area (Å²) in [5.41, 5.74) is 1.51. The number of nitrogens with zero attached hydrogens (tertiary/aromatic N) is 2. The first-order valence-electron chi connectivity index (χ1n) is 5.66. The molecule has 1 rings (SSSR count). The fourth-order valence-corrected chi connectivity index (χ4v) is 1.37. The van der Waals surface area contributed by atoms with Crippen LogP contribution in [0.15, 0.2) is 12.4 Å². The molecule has 0 aliphatic heterocycles. The fourth-order valence-electron chi connectivity index (χ4n) is 1.37. The van der Waals surface area contributed by atoms with Gasteiger partial charge in [0.25, 0.3) is 0 Å². The third-order valence-electron chi connectivity index (χ3n) is 2.25. The highest BCUT2D eigenvalue weighted by Gasteiger charge is 2.08. The van der Waals surface area contributed by atoms with Crippen molar-refractivity contribution in [3.05, 3.63) is 18.0 Å². The van der Waals surface area contributed by atoms with E-state index in [4.69, 9.17) is 0 Å². The molecule has 1 heterocycles. The average Bonchev–Trinajstić information content (AvgIpc) is 2.50. The van der Waals surface area contributed by atoms with E-state index < -0.39 is 0 Å². The van der Waals surface area contributed by atoms with E-state index in [1.807, 2.05) is 10.9 Å². The van der Waals surface area contributed by atoms with E-state index in [1.54, 1.807) is 0 Å². The smallest absolute Gasteiger partial charge is 0.0522 e. The zero-order valence-corrected chi connectivity index (χ0v) is 10.5. The molecule has 3 heteroatoms. The Kier molecular flexibility index (Phi) is 3.91. The molecule has 0 atom stereocenters. The van der Waals surface area contributed by atoms with Crippen LogP contribution in [0.25, 0.3) is 0 Å². The predicted molar refractivity (Wildman–Crippen MR) is 64.1 cm³/mol. The largest absolute Gasteiger partial charge is 0.312 e.